The van der Waals surface area contributed by atoms with Gasteiger partial charge in [0.2, 0.25) is 0 Å². The molecule has 0 rings (SSSR count). The van der Waals surface area contributed by atoms with Crippen molar-refractivity contribution in [2.24, 2.45) is 5.73 Å². The summed E-state index contributed by atoms with van der Waals surface area (Å²) < 4.78 is 5.14. The molecule has 100 valence electrons. The van der Waals surface area contributed by atoms with Crippen LogP contribution >= 0.6 is 11.8 Å². The smallest absolute Gasteiger partial charge is 0.321 e. The Balaban J connectivity index is 3.52. The van der Waals surface area contributed by atoms with Crippen LogP contribution in [0.2, 0.25) is 0 Å². The first-order chi connectivity index (χ1) is 7.72. The third-order valence-corrected chi connectivity index (χ3v) is 2.88. The van der Waals surface area contributed by atoms with Crippen LogP contribution in [-0.2, 0) is 14.3 Å². The number of ether oxygens (including phenoxy) is 1. The van der Waals surface area contributed by atoms with Crippen LogP contribution in [0.25, 0.3) is 0 Å². The van der Waals surface area contributed by atoms with Crippen molar-refractivity contribution in [1.82, 2.24) is 0 Å². The highest BCUT2D eigenvalue weighted by atomic mass is 32.2. The SMILES string of the molecule is CC(C)(C)OC(=O)CCCSC[C@@H](N)C(=O)O. The van der Waals surface area contributed by atoms with Crippen LogP contribution in [-0.4, -0.2) is 40.2 Å². The van der Waals surface area contributed by atoms with Crippen molar-refractivity contribution >= 4 is 23.7 Å². The van der Waals surface area contributed by atoms with Crippen LogP contribution in [0.1, 0.15) is 33.6 Å². The molecule has 0 bridgehead atoms. The number of carboxylic acid groups (broad SMARTS) is 1. The number of esters is 1. The van der Waals surface area contributed by atoms with E-state index in [0.717, 1.165) is 0 Å². The molecule has 3 N–H and O–H groups in total. The summed E-state index contributed by atoms with van der Waals surface area (Å²) in [6.07, 6.45) is 1.03. The van der Waals surface area contributed by atoms with Gasteiger partial charge in [-0.3, -0.25) is 9.59 Å². The molecule has 0 heterocycles. The van der Waals surface area contributed by atoms with Crippen LogP contribution < -0.4 is 5.73 Å². The molecule has 0 amide bonds. The molecule has 17 heavy (non-hydrogen) atoms. The summed E-state index contributed by atoms with van der Waals surface area (Å²) >= 11 is 1.44. The fourth-order valence-corrected chi connectivity index (χ4v) is 1.90. The van der Waals surface area contributed by atoms with E-state index in [0.29, 0.717) is 24.3 Å². The Morgan fingerprint density at radius 3 is 2.47 bits per heavy atom. The molecule has 0 unspecified atom stereocenters. The molecule has 5 nitrogen and oxygen atoms in total. The third-order valence-electron chi connectivity index (χ3n) is 1.70. The monoisotopic (exact) mass is 263 g/mol. The summed E-state index contributed by atoms with van der Waals surface area (Å²) in [5.74, 6) is -0.144. The number of hydrogen-bond acceptors (Lipinski definition) is 5. The van der Waals surface area contributed by atoms with Gasteiger partial charge >= 0.3 is 11.9 Å². The van der Waals surface area contributed by atoms with Crippen molar-refractivity contribution in [3.8, 4) is 0 Å². The second-order valence-corrected chi connectivity index (χ2v) is 5.86. The van der Waals surface area contributed by atoms with Gasteiger partial charge in [-0.1, -0.05) is 0 Å². The summed E-state index contributed by atoms with van der Waals surface area (Å²) in [5, 5.41) is 8.54. The highest BCUT2D eigenvalue weighted by Gasteiger charge is 2.16. The van der Waals surface area contributed by atoms with Gasteiger partial charge in [0.1, 0.15) is 11.6 Å². The van der Waals surface area contributed by atoms with Crippen molar-refractivity contribution < 1.29 is 19.4 Å². The first kappa shape index (κ1) is 16.2. The lowest BCUT2D eigenvalue weighted by Crippen LogP contribution is -2.32. The molecule has 0 fully saturated rings. The second-order valence-electron chi connectivity index (χ2n) is 4.71. The lowest BCUT2D eigenvalue weighted by atomic mass is 10.2. The predicted octanol–water partition coefficient (Wildman–Crippen LogP) is 1.25. The third kappa shape index (κ3) is 10.1. The molecule has 0 aromatic carbocycles. The molecule has 0 aromatic rings. The van der Waals surface area contributed by atoms with E-state index >= 15 is 0 Å². The Morgan fingerprint density at radius 1 is 1.41 bits per heavy atom. The van der Waals surface area contributed by atoms with Crippen LogP contribution in [0.3, 0.4) is 0 Å². The fraction of sp³-hybridized carbons (Fsp3) is 0.818. The maximum absolute atomic E-state index is 11.3. The number of aliphatic carboxylic acids is 1. The van der Waals surface area contributed by atoms with E-state index < -0.39 is 17.6 Å². The maximum Gasteiger partial charge on any atom is 0.321 e. The summed E-state index contributed by atoms with van der Waals surface area (Å²) in [6.45, 7) is 5.47. The number of hydrogen-bond donors (Lipinski definition) is 2. The van der Waals surface area contributed by atoms with Crippen molar-refractivity contribution in [2.75, 3.05) is 11.5 Å². The van der Waals surface area contributed by atoms with Gasteiger partial charge in [0.15, 0.2) is 0 Å². The quantitative estimate of drug-likeness (QED) is 0.531. The van der Waals surface area contributed by atoms with Crippen LogP contribution in [0.15, 0.2) is 0 Å². The minimum atomic E-state index is -0.996. The molecule has 1 atom stereocenters. The number of nitrogens with two attached hydrogens (primary N) is 1. The Labute approximate surface area is 106 Å². The van der Waals surface area contributed by atoms with Gasteiger partial charge in [-0.05, 0) is 32.9 Å². The Bertz CT molecular complexity index is 263. The van der Waals surface area contributed by atoms with Gasteiger partial charge in [0, 0.05) is 12.2 Å². The highest BCUT2D eigenvalue weighted by molar-refractivity contribution is 7.99. The zero-order valence-corrected chi connectivity index (χ0v) is 11.4. The molecule has 0 spiro atoms. The molecule has 0 aromatic heterocycles. The maximum atomic E-state index is 11.3. The van der Waals surface area contributed by atoms with E-state index in [9.17, 15) is 9.59 Å². The number of rotatable bonds is 7. The largest absolute Gasteiger partial charge is 0.480 e. The lowest BCUT2D eigenvalue weighted by molar-refractivity contribution is -0.154. The van der Waals surface area contributed by atoms with Crippen molar-refractivity contribution in [2.45, 2.75) is 45.3 Å². The minimum Gasteiger partial charge on any atom is -0.480 e. The topological polar surface area (TPSA) is 89.6 Å². The number of carboxylic acids is 1. The number of carbonyl (C=O) groups is 2. The summed E-state index contributed by atoms with van der Waals surface area (Å²) in [4.78, 5) is 21.7. The van der Waals surface area contributed by atoms with Gasteiger partial charge in [0.25, 0.3) is 0 Å². The van der Waals surface area contributed by atoms with Crippen molar-refractivity contribution in [3.63, 3.8) is 0 Å². The standard InChI is InChI=1S/C11H21NO4S/c1-11(2,3)16-9(13)5-4-6-17-7-8(12)10(14)15/h8H,4-7,12H2,1-3H3,(H,14,15)/t8-/m1/s1. The van der Waals surface area contributed by atoms with Gasteiger partial charge < -0.3 is 15.6 Å². The second kappa shape index (κ2) is 7.55. The molecule has 0 aliphatic rings. The van der Waals surface area contributed by atoms with E-state index in [1.54, 1.807) is 0 Å². The van der Waals surface area contributed by atoms with Crippen LogP contribution in [0.5, 0.6) is 0 Å². The molecular formula is C11H21NO4S. The molecule has 6 heteroatoms. The summed E-state index contributed by atoms with van der Waals surface area (Å²) in [7, 11) is 0. The first-order valence-corrected chi connectivity index (χ1v) is 6.66. The molecule has 0 aliphatic heterocycles. The Kier molecular flexibility index (Phi) is 7.22. The summed E-state index contributed by atoms with van der Waals surface area (Å²) in [6, 6.07) is -0.832. The van der Waals surface area contributed by atoms with Gasteiger partial charge in [-0.15, -0.1) is 0 Å². The van der Waals surface area contributed by atoms with Gasteiger partial charge in [-0.25, -0.2) is 0 Å². The minimum absolute atomic E-state index is 0.222. The van der Waals surface area contributed by atoms with E-state index in [2.05, 4.69) is 0 Å². The Hall–Kier alpha value is -0.750. The van der Waals surface area contributed by atoms with E-state index in [1.165, 1.54) is 11.8 Å². The molecule has 0 aliphatic carbocycles. The molecular weight excluding hydrogens is 242 g/mol. The van der Waals surface area contributed by atoms with Crippen LogP contribution in [0, 0.1) is 0 Å². The number of carbonyl (C=O) groups excluding carboxylic acids is 1. The van der Waals surface area contributed by atoms with E-state index in [1.807, 2.05) is 20.8 Å². The normalized spacial score (nSPS) is 13.2. The predicted molar refractivity (Wildman–Crippen MR) is 68.0 cm³/mol. The van der Waals surface area contributed by atoms with Crippen molar-refractivity contribution in [1.29, 1.82) is 0 Å². The van der Waals surface area contributed by atoms with Gasteiger partial charge in [-0.2, -0.15) is 11.8 Å². The summed E-state index contributed by atoms with van der Waals surface area (Å²) in [5.41, 5.74) is 4.88. The van der Waals surface area contributed by atoms with Gasteiger partial charge in [0.05, 0.1) is 0 Å². The average molecular weight is 263 g/mol. The Morgan fingerprint density at radius 2 is 2.00 bits per heavy atom. The lowest BCUT2D eigenvalue weighted by Gasteiger charge is -2.19. The molecule has 0 saturated heterocycles. The average Bonchev–Trinajstić information content (AvgIpc) is 2.13. The zero-order chi connectivity index (χ0) is 13.5. The van der Waals surface area contributed by atoms with Crippen molar-refractivity contribution in [3.05, 3.63) is 0 Å². The van der Waals surface area contributed by atoms with Crippen LogP contribution in [0.4, 0.5) is 0 Å². The molecule has 0 saturated carbocycles. The van der Waals surface area contributed by atoms with E-state index in [4.69, 9.17) is 15.6 Å². The van der Waals surface area contributed by atoms with E-state index in [-0.39, 0.29) is 5.97 Å². The first-order valence-electron chi connectivity index (χ1n) is 5.50. The zero-order valence-electron chi connectivity index (χ0n) is 10.6. The molecule has 0 radical (unpaired) electrons. The highest BCUT2D eigenvalue weighted by Crippen LogP contribution is 2.11. The fourth-order valence-electron chi connectivity index (χ4n) is 0.993. The number of thioether (sulfide) groups is 1.